The van der Waals surface area contributed by atoms with Crippen LogP contribution in [0.2, 0.25) is 0 Å². The predicted molar refractivity (Wildman–Crippen MR) is 136 cm³/mol. The van der Waals surface area contributed by atoms with Crippen molar-refractivity contribution in [3.8, 4) is 5.75 Å². The van der Waals surface area contributed by atoms with Crippen LogP contribution in [0.4, 0.5) is 0 Å². The quantitative estimate of drug-likeness (QED) is 0.342. The molecule has 1 unspecified atom stereocenters. The summed E-state index contributed by atoms with van der Waals surface area (Å²) in [7, 11) is 1.60. The Morgan fingerprint density at radius 1 is 0.703 bits per heavy atom. The van der Waals surface area contributed by atoms with Crippen molar-refractivity contribution in [3.05, 3.63) is 102 Å². The fraction of sp³-hybridized carbons (Fsp3) is 0.379. The highest BCUT2D eigenvalue weighted by Gasteiger charge is 2.50. The lowest BCUT2D eigenvalue weighted by molar-refractivity contribution is -0.325. The monoisotopic (exact) mass is 510 g/mol. The van der Waals surface area contributed by atoms with Gasteiger partial charge in [-0.2, -0.15) is 0 Å². The van der Waals surface area contributed by atoms with E-state index < -0.39 is 43.4 Å². The molecule has 1 heterocycles. The van der Waals surface area contributed by atoms with Gasteiger partial charge in [0.1, 0.15) is 36.3 Å². The molecular weight excluding hydrogens is 476 g/mol. The Morgan fingerprint density at radius 3 is 1.70 bits per heavy atom. The molecule has 0 saturated carbocycles. The van der Waals surface area contributed by atoms with Crippen molar-refractivity contribution in [2.24, 2.45) is 0 Å². The normalized spacial score (nSPS) is 24.5. The average molecular weight is 511 g/mol. The number of aliphatic hydroxyl groups excluding tert-OH is 3. The molecule has 3 N–H and O–H groups in total. The standard InChI is InChI=1S/C29H34O8/c1-33-23-14-12-22(13-15-23)19-36-28-27(35-18-21-10-6-3-7-11-21)26(25(24(31)16-30)37-29(28)32)34-17-20-8-4-2-5-9-20/h2-15,24-32H,16-19H2,1H3/t24?,25-,26-,27+,28-,29+/m1/s1. The number of hydrogen-bond donors (Lipinski definition) is 3. The van der Waals surface area contributed by atoms with E-state index in [2.05, 4.69) is 0 Å². The van der Waals surface area contributed by atoms with E-state index >= 15 is 0 Å². The van der Waals surface area contributed by atoms with Gasteiger partial charge in [-0.15, -0.1) is 0 Å². The van der Waals surface area contributed by atoms with Crippen molar-refractivity contribution >= 4 is 0 Å². The van der Waals surface area contributed by atoms with Crippen molar-refractivity contribution in [1.29, 1.82) is 0 Å². The van der Waals surface area contributed by atoms with E-state index in [1.54, 1.807) is 7.11 Å². The molecular formula is C29H34O8. The van der Waals surface area contributed by atoms with Crippen molar-refractivity contribution in [1.82, 2.24) is 0 Å². The molecule has 1 saturated heterocycles. The highest BCUT2D eigenvalue weighted by Crippen LogP contribution is 2.31. The topological polar surface area (TPSA) is 107 Å². The van der Waals surface area contributed by atoms with Crippen molar-refractivity contribution in [3.63, 3.8) is 0 Å². The van der Waals surface area contributed by atoms with E-state index in [0.29, 0.717) is 0 Å². The summed E-state index contributed by atoms with van der Waals surface area (Å²) in [6, 6.07) is 26.6. The maximum atomic E-state index is 10.9. The van der Waals surface area contributed by atoms with Gasteiger partial charge in [0.05, 0.1) is 33.5 Å². The molecule has 4 rings (SSSR count). The van der Waals surface area contributed by atoms with Crippen molar-refractivity contribution < 1.29 is 39.0 Å². The highest BCUT2D eigenvalue weighted by molar-refractivity contribution is 5.26. The highest BCUT2D eigenvalue weighted by atomic mass is 16.7. The van der Waals surface area contributed by atoms with Gasteiger partial charge in [0, 0.05) is 0 Å². The Bertz CT molecular complexity index is 1050. The molecule has 0 radical (unpaired) electrons. The second kappa shape index (κ2) is 13.6. The van der Waals surface area contributed by atoms with Crippen LogP contribution in [0.5, 0.6) is 5.75 Å². The fourth-order valence-corrected chi connectivity index (χ4v) is 4.27. The summed E-state index contributed by atoms with van der Waals surface area (Å²) in [5.41, 5.74) is 2.72. The van der Waals surface area contributed by atoms with Gasteiger partial charge in [-0.05, 0) is 28.8 Å². The van der Waals surface area contributed by atoms with Gasteiger partial charge in [0.25, 0.3) is 0 Å². The lowest BCUT2D eigenvalue weighted by Crippen LogP contribution is -2.63. The molecule has 6 atom stereocenters. The van der Waals surface area contributed by atoms with Crippen LogP contribution < -0.4 is 4.74 Å². The summed E-state index contributed by atoms with van der Waals surface area (Å²) in [4.78, 5) is 0. The molecule has 198 valence electrons. The molecule has 1 aliphatic heterocycles. The molecule has 1 fully saturated rings. The second-order valence-electron chi connectivity index (χ2n) is 8.89. The molecule has 37 heavy (non-hydrogen) atoms. The summed E-state index contributed by atoms with van der Waals surface area (Å²) in [6.45, 7) is 0.0635. The Labute approximate surface area is 217 Å². The first kappa shape index (κ1) is 27.2. The smallest absolute Gasteiger partial charge is 0.184 e. The molecule has 0 aromatic heterocycles. The maximum Gasteiger partial charge on any atom is 0.184 e. The van der Waals surface area contributed by atoms with Gasteiger partial charge >= 0.3 is 0 Å². The molecule has 0 spiro atoms. The molecule has 8 heteroatoms. The lowest BCUT2D eigenvalue weighted by atomic mass is 9.94. The van der Waals surface area contributed by atoms with E-state index in [1.807, 2.05) is 84.9 Å². The molecule has 0 bridgehead atoms. The zero-order valence-electron chi connectivity index (χ0n) is 20.8. The molecule has 3 aromatic carbocycles. The number of rotatable bonds is 12. The van der Waals surface area contributed by atoms with Gasteiger partial charge in [-0.25, -0.2) is 0 Å². The van der Waals surface area contributed by atoms with Gasteiger partial charge in [-0.3, -0.25) is 0 Å². The van der Waals surface area contributed by atoms with Crippen LogP contribution in [0.3, 0.4) is 0 Å². The van der Waals surface area contributed by atoms with Crippen LogP contribution in [0.15, 0.2) is 84.9 Å². The van der Waals surface area contributed by atoms with Gasteiger partial charge in [-0.1, -0.05) is 72.8 Å². The second-order valence-corrected chi connectivity index (χ2v) is 8.89. The van der Waals surface area contributed by atoms with Crippen LogP contribution in [0.25, 0.3) is 0 Å². The van der Waals surface area contributed by atoms with Gasteiger partial charge in [0.15, 0.2) is 6.29 Å². The predicted octanol–water partition coefficient (Wildman–Crippen LogP) is 2.82. The minimum Gasteiger partial charge on any atom is -0.497 e. The third-order valence-corrected chi connectivity index (χ3v) is 6.29. The Hall–Kier alpha value is -2.82. The fourth-order valence-electron chi connectivity index (χ4n) is 4.27. The SMILES string of the molecule is COc1ccc(CO[C@@H]2[C@@H](OCc3ccccc3)[C@H](OCc3ccccc3)[C@@H](C(O)CO)O[C@@H]2O)cc1. The number of ether oxygens (including phenoxy) is 5. The largest absolute Gasteiger partial charge is 0.497 e. The van der Waals surface area contributed by atoms with E-state index in [9.17, 15) is 15.3 Å². The Balaban J connectivity index is 1.57. The number of hydrogen-bond acceptors (Lipinski definition) is 8. The zero-order chi connectivity index (χ0) is 26.0. The molecule has 0 amide bonds. The summed E-state index contributed by atoms with van der Waals surface area (Å²) >= 11 is 0. The first-order valence-corrected chi connectivity index (χ1v) is 12.3. The lowest BCUT2D eigenvalue weighted by Gasteiger charge is -2.45. The van der Waals surface area contributed by atoms with Crippen molar-refractivity contribution in [2.45, 2.75) is 56.6 Å². The van der Waals surface area contributed by atoms with E-state index in [4.69, 9.17) is 23.7 Å². The minimum atomic E-state index is -1.42. The zero-order valence-corrected chi connectivity index (χ0v) is 20.8. The number of benzene rings is 3. The van der Waals surface area contributed by atoms with Gasteiger partial charge < -0.3 is 39.0 Å². The van der Waals surface area contributed by atoms with Gasteiger partial charge in [0.2, 0.25) is 0 Å². The maximum absolute atomic E-state index is 10.9. The Kier molecular flexibility index (Phi) is 10.0. The van der Waals surface area contributed by atoms with Crippen LogP contribution in [-0.2, 0) is 38.8 Å². The third-order valence-electron chi connectivity index (χ3n) is 6.29. The van der Waals surface area contributed by atoms with E-state index in [1.165, 1.54) is 0 Å². The molecule has 3 aromatic rings. The molecule has 8 nitrogen and oxygen atoms in total. The van der Waals surface area contributed by atoms with Crippen molar-refractivity contribution in [2.75, 3.05) is 13.7 Å². The first-order chi connectivity index (χ1) is 18.1. The molecule has 1 aliphatic rings. The Morgan fingerprint density at radius 2 is 1.19 bits per heavy atom. The van der Waals surface area contributed by atoms with Crippen LogP contribution >= 0.6 is 0 Å². The van der Waals surface area contributed by atoms with Crippen LogP contribution in [0, 0.1) is 0 Å². The first-order valence-electron chi connectivity index (χ1n) is 12.3. The van der Waals surface area contributed by atoms with E-state index in [0.717, 1.165) is 22.4 Å². The van der Waals surface area contributed by atoms with E-state index in [-0.39, 0.29) is 19.8 Å². The summed E-state index contributed by atoms with van der Waals surface area (Å²) < 4.78 is 29.6. The number of methoxy groups -OCH3 is 1. The summed E-state index contributed by atoms with van der Waals surface area (Å²) in [5.74, 6) is 0.726. The average Bonchev–Trinajstić information content (AvgIpc) is 2.95. The van der Waals surface area contributed by atoms with Crippen LogP contribution in [0.1, 0.15) is 16.7 Å². The minimum absolute atomic E-state index is 0.179. The van der Waals surface area contributed by atoms with Crippen LogP contribution in [-0.4, -0.2) is 65.8 Å². The third kappa shape index (κ3) is 7.37. The number of aliphatic hydroxyl groups is 3. The molecule has 0 aliphatic carbocycles. The summed E-state index contributed by atoms with van der Waals surface area (Å²) in [5, 5.41) is 31.1. The summed E-state index contributed by atoms with van der Waals surface area (Å²) in [6.07, 6.45) is -6.31.